The predicted octanol–water partition coefficient (Wildman–Crippen LogP) is 2.88. The van der Waals surface area contributed by atoms with Crippen molar-refractivity contribution in [2.75, 3.05) is 39.6 Å². The van der Waals surface area contributed by atoms with Gasteiger partial charge < -0.3 is 14.2 Å². The Morgan fingerprint density at radius 1 is 0.688 bits per heavy atom. The maximum absolute atomic E-state index is 5.51. The molecule has 0 radical (unpaired) electrons. The maximum Gasteiger partial charge on any atom is 0.0701 e. The predicted molar refractivity (Wildman–Crippen MR) is 66.8 cm³/mol. The van der Waals surface area contributed by atoms with E-state index in [2.05, 4.69) is 13.8 Å². The van der Waals surface area contributed by atoms with E-state index in [9.17, 15) is 0 Å². The average molecular weight is 232 g/mol. The molecule has 0 aliphatic rings. The highest BCUT2D eigenvalue weighted by atomic mass is 16.5. The van der Waals surface area contributed by atoms with Crippen LogP contribution in [0.25, 0.3) is 0 Å². The van der Waals surface area contributed by atoms with Gasteiger partial charge in [0.25, 0.3) is 0 Å². The lowest BCUT2D eigenvalue weighted by Gasteiger charge is -2.12. The van der Waals surface area contributed by atoms with Gasteiger partial charge in [-0.3, -0.25) is 0 Å². The maximum atomic E-state index is 5.51. The fourth-order valence-corrected chi connectivity index (χ4v) is 1.53. The van der Waals surface area contributed by atoms with Crippen molar-refractivity contribution in [1.82, 2.24) is 0 Å². The van der Waals surface area contributed by atoms with Crippen LogP contribution in [0.4, 0.5) is 0 Å². The fraction of sp³-hybridized carbons (Fsp3) is 1.00. The van der Waals surface area contributed by atoms with Crippen molar-refractivity contribution in [2.24, 2.45) is 5.92 Å². The van der Waals surface area contributed by atoms with E-state index in [-0.39, 0.29) is 0 Å². The monoisotopic (exact) mass is 232 g/mol. The Kier molecular flexibility index (Phi) is 12.9. The second kappa shape index (κ2) is 12.9. The van der Waals surface area contributed by atoms with Crippen LogP contribution >= 0.6 is 0 Å². The Balaban J connectivity index is 3.03. The molecule has 0 aromatic carbocycles. The van der Waals surface area contributed by atoms with Gasteiger partial charge >= 0.3 is 0 Å². The summed E-state index contributed by atoms with van der Waals surface area (Å²) in [6.45, 7) is 10.8. The van der Waals surface area contributed by atoms with Crippen molar-refractivity contribution in [3.05, 3.63) is 0 Å². The van der Waals surface area contributed by atoms with E-state index < -0.39 is 0 Å². The Labute approximate surface area is 100 Å². The summed E-state index contributed by atoms with van der Waals surface area (Å²) in [5.74, 6) is 0.818. The van der Waals surface area contributed by atoms with Crippen LogP contribution in [-0.4, -0.2) is 39.6 Å². The van der Waals surface area contributed by atoms with Gasteiger partial charge in [0.2, 0.25) is 0 Å². The number of ether oxygens (including phenoxy) is 3. The molecular formula is C13H28O3. The molecule has 0 saturated carbocycles. The highest BCUT2D eigenvalue weighted by molar-refractivity contribution is 4.53. The molecule has 98 valence electrons. The molecule has 0 spiro atoms. The average Bonchev–Trinajstić information content (AvgIpc) is 2.32. The van der Waals surface area contributed by atoms with Crippen LogP contribution in [0.1, 0.15) is 40.0 Å². The van der Waals surface area contributed by atoms with Gasteiger partial charge in [0.15, 0.2) is 0 Å². The molecule has 0 bridgehead atoms. The summed E-state index contributed by atoms with van der Waals surface area (Å²) in [6, 6.07) is 0. The number of hydrogen-bond acceptors (Lipinski definition) is 3. The molecule has 16 heavy (non-hydrogen) atoms. The van der Waals surface area contributed by atoms with E-state index in [0.717, 1.165) is 19.1 Å². The van der Waals surface area contributed by atoms with Crippen molar-refractivity contribution in [1.29, 1.82) is 0 Å². The zero-order chi connectivity index (χ0) is 12.1. The van der Waals surface area contributed by atoms with Gasteiger partial charge in [-0.05, 0) is 19.3 Å². The van der Waals surface area contributed by atoms with Crippen LogP contribution in [0.2, 0.25) is 0 Å². The summed E-state index contributed by atoms with van der Waals surface area (Å²) in [5.41, 5.74) is 0. The summed E-state index contributed by atoms with van der Waals surface area (Å²) in [6.07, 6.45) is 3.68. The third-order valence-corrected chi connectivity index (χ3v) is 2.77. The molecule has 0 amide bonds. The second-order valence-electron chi connectivity index (χ2n) is 3.89. The molecule has 0 aliphatic carbocycles. The smallest absolute Gasteiger partial charge is 0.0701 e. The zero-order valence-corrected chi connectivity index (χ0v) is 11.2. The van der Waals surface area contributed by atoms with Crippen LogP contribution in [0.3, 0.4) is 0 Å². The molecule has 0 fully saturated rings. The van der Waals surface area contributed by atoms with Gasteiger partial charge in [-0.25, -0.2) is 0 Å². The Bertz CT molecular complexity index is 124. The van der Waals surface area contributed by atoms with E-state index in [1.54, 1.807) is 0 Å². The lowest BCUT2D eigenvalue weighted by atomic mass is 10.0. The first-order valence-corrected chi connectivity index (χ1v) is 6.58. The van der Waals surface area contributed by atoms with Crippen molar-refractivity contribution in [3.8, 4) is 0 Å². The van der Waals surface area contributed by atoms with Crippen LogP contribution in [-0.2, 0) is 14.2 Å². The summed E-state index contributed by atoms with van der Waals surface area (Å²) >= 11 is 0. The Morgan fingerprint density at radius 3 is 1.69 bits per heavy atom. The third kappa shape index (κ3) is 10.4. The Morgan fingerprint density at radius 2 is 1.19 bits per heavy atom. The van der Waals surface area contributed by atoms with Crippen LogP contribution < -0.4 is 0 Å². The van der Waals surface area contributed by atoms with E-state index in [1.807, 2.05) is 6.92 Å². The minimum absolute atomic E-state index is 0.670. The van der Waals surface area contributed by atoms with Gasteiger partial charge in [0, 0.05) is 13.2 Å². The molecule has 0 unspecified atom stereocenters. The van der Waals surface area contributed by atoms with Gasteiger partial charge in [-0.15, -0.1) is 0 Å². The normalized spacial score (nSPS) is 11.2. The first-order valence-electron chi connectivity index (χ1n) is 6.58. The molecular weight excluding hydrogens is 204 g/mol. The molecule has 3 heteroatoms. The SMILES string of the molecule is CCOCCOCCOCCC(CC)CC. The summed E-state index contributed by atoms with van der Waals surface area (Å²) < 4.78 is 16.0. The lowest BCUT2D eigenvalue weighted by Crippen LogP contribution is -2.11. The second-order valence-corrected chi connectivity index (χ2v) is 3.89. The summed E-state index contributed by atoms with van der Waals surface area (Å²) in [7, 11) is 0. The summed E-state index contributed by atoms with van der Waals surface area (Å²) in [4.78, 5) is 0. The van der Waals surface area contributed by atoms with E-state index in [0.29, 0.717) is 26.4 Å². The Hall–Kier alpha value is -0.120. The van der Waals surface area contributed by atoms with E-state index in [1.165, 1.54) is 19.3 Å². The molecule has 0 heterocycles. The molecule has 0 rings (SSSR count). The van der Waals surface area contributed by atoms with Crippen LogP contribution in [0.15, 0.2) is 0 Å². The number of rotatable bonds is 12. The first-order chi connectivity index (χ1) is 7.85. The summed E-state index contributed by atoms with van der Waals surface area (Å²) in [5, 5.41) is 0. The van der Waals surface area contributed by atoms with Crippen molar-refractivity contribution in [2.45, 2.75) is 40.0 Å². The van der Waals surface area contributed by atoms with Crippen molar-refractivity contribution >= 4 is 0 Å². The van der Waals surface area contributed by atoms with Crippen molar-refractivity contribution < 1.29 is 14.2 Å². The molecule has 0 aromatic rings. The highest BCUT2D eigenvalue weighted by Crippen LogP contribution is 2.11. The molecule has 0 aromatic heterocycles. The molecule has 0 aliphatic heterocycles. The van der Waals surface area contributed by atoms with Crippen molar-refractivity contribution in [3.63, 3.8) is 0 Å². The van der Waals surface area contributed by atoms with Crippen LogP contribution in [0, 0.1) is 5.92 Å². The zero-order valence-electron chi connectivity index (χ0n) is 11.2. The minimum Gasteiger partial charge on any atom is -0.379 e. The molecule has 3 nitrogen and oxygen atoms in total. The molecule has 0 saturated heterocycles. The van der Waals surface area contributed by atoms with Gasteiger partial charge in [-0.2, -0.15) is 0 Å². The standard InChI is InChI=1S/C13H28O3/c1-4-13(5-2)7-8-15-11-12-16-10-9-14-6-3/h13H,4-12H2,1-3H3. The third-order valence-electron chi connectivity index (χ3n) is 2.77. The fourth-order valence-electron chi connectivity index (χ4n) is 1.53. The minimum atomic E-state index is 0.670. The quantitative estimate of drug-likeness (QED) is 0.484. The topological polar surface area (TPSA) is 27.7 Å². The van der Waals surface area contributed by atoms with Crippen LogP contribution in [0.5, 0.6) is 0 Å². The van der Waals surface area contributed by atoms with E-state index in [4.69, 9.17) is 14.2 Å². The van der Waals surface area contributed by atoms with Gasteiger partial charge in [-0.1, -0.05) is 26.7 Å². The first kappa shape index (κ1) is 15.9. The molecule has 0 N–H and O–H groups in total. The van der Waals surface area contributed by atoms with E-state index >= 15 is 0 Å². The highest BCUT2D eigenvalue weighted by Gasteiger charge is 2.02. The van der Waals surface area contributed by atoms with Gasteiger partial charge in [0.05, 0.1) is 26.4 Å². The number of hydrogen-bond donors (Lipinski definition) is 0. The lowest BCUT2D eigenvalue weighted by molar-refractivity contribution is 0.0144. The van der Waals surface area contributed by atoms with Gasteiger partial charge in [0.1, 0.15) is 0 Å². The largest absolute Gasteiger partial charge is 0.379 e. The molecule has 0 atom stereocenters.